The van der Waals surface area contributed by atoms with Crippen molar-refractivity contribution in [3.8, 4) is 50.3 Å². The van der Waals surface area contributed by atoms with Crippen LogP contribution in [-0.4, -0.2) is 63.4 Å². The molecule has 14 aromatic carbocycles. The van der Waals surface area contributed by atoms with Crippen molar-refractivity contribution in [1.82, 2.24) is 0 Å². The van der Waals surface area contributed by atoms with Gasteiger partial charge in [0.25, 0.3) is 0 Å². The summed E-state index contributed by atoms with van der Waals surface area (Å²) < 4.78 is 90.1. The second-order valence-electron chi connectivity index (χ2n) is 23.7. The Balaban J connectivity index is 0.000000189. The second kappa shape index (κ2) is 46.8. The summed E-state index contributed by atoms with van der Waals surface area (Å²) >= 11 is 36.8. The predicted octanol–water partition coefficient (Wildman–Crippen LogP) is 29.4. The lowest BCUT2D eigenvalue weighted by atomic mass is 9.79. The minimum atomic E-state index is -1.41. The number of rotatable bonds is 11. The SMILES string of the molecule is BrB(Br)Br.CSc1cc2c(C)c(-c3cc(Br)ccc3F)ccc2cc1-c1ccccc1F.CSc1cc2c(C)c(O[B]O)ccc2cc1-c1ccccc1F.CSc1cc2c(C)cccc2cc1-c1ccccc1F.CSc1cc2c(C)cccc2cc1B(O)O.ClCCl.Fc1ccc(Br)cc1I.Fc1ccccc1Br. The maximum atomic E-state index is 14.4. The van der Waals surface area contributed by atoms with Crippen molar-refractivity contribution >= 4 is 254 Å². The molecule has 0 heterocycles. The van der Waals surface area contributed by atoms with Crippen molar-refractivity contribution in [2.45, 2.75) is 47.3 Å². The molecular weight excluding hydrogens is 2040 g/mol. The molecule has 0 amide bonds. The van der Waals surface area contributed by atoms with Gasteiger partial charge in [0.05, 0.1) is 9.81 Å². The molecule has 0 bridgehead atoms. The molecule has 0 aliphatic carbocycles. The first-order chi connectivity index (χ1) is 53.1. The summed E-state index contributed by atoms with van der Waals surface area (Å²) in [4.78, 5) is 4.01. The van der Waals surface area contributed by atoms with E-state index >= 15 is 0 Å². The van der Waals surface area contributed by atoms with Gasteiger partial charge in [0.1, 0.15) is 40.7 Å². The minimum Gasteiger partial charge on any atom is -0.537 e. The van der Waals surface area contributed by atoms with Gasteiger partial charge in [0.2, 0.25) is 0 Å². The van der Waals surface area contributed by atoms with Crippen LogP contribution in [0.1, 0.15) is 22.3 Å². The standard InChI is InChI=1S/C24H17BrF2S.C18H15BFO2S.C18H15FS.C12H13BO2S.C6H3BrFI.C6H4BrF.CH2Cl2.BBr3/c1-14-17(20-12-16(25)8-10-23(20)27)9-7-15-11-21(24(28-2)13-19(14)15)18-5-3-4-6-22(18)26;1-11-14-10-18(23-2)15(13-5-3-4-6-16(13)20)9-12(14)7-8-17(11)22-19-21;1-12-6-5-7-13-10-16(18(20-2)11-15(12)13)14-8-3-4-9-17(14)19;1-8-4-3-5-9-6-11(13(14)15)12(16-2)7-10(8)9;7-4-1-2-5(8)6(9)3-4;7-5-3-1-2-4-6(5)8;2-1-3;2-1(3)4/h3-13H,1-2H3;3-10,21H,1-2H3;3-11H,1-2H3;3-7,14-15H,1-2H3;1-3H;1-4H;1H2;. The summed E-state index contributed by atoms with van der Waals surface area (Å²) in [6, 6.07) is 73.0. The van der Waals surface area contributed by atoms with Crippen LogP contribution in [0.3, 0.4) is 0 Å². The van der Waals surface area contributed by atoms with E-state index in [2.05, 4.69) is 145 Å². The number of hydrogen-bond acceptors (Lipinski definition) is 8. The van der Waals surface area contributed by atoms with Crippen LogP contribution < -0.4 is 10.1 Å². The van der Waals surface area contributed by atoms with Crippen molar-refractivity contribution in [3.05, 3.63) is 317 Å². The molecule has 571 valence electrons. The first kappa shape index (κ1) is 93.3. The third-order valence-electron chi connectivity index (χ3n) is 16.9. The van der Waals surface area contributed by atoms with E-state index < -0.39 is 7.12 Å². The summed E-state index contributed by atoms with van der Waals surface area (Å²) in [5.41, 5.74) is 11.0. The molecule has 111 heavy (non-hydrogen) atoms. The molecule has 0 aromatic heterocycles. The highest BCUT2D eigenvalue weighted by molar-refractivity contribution is 14.1. The molecule has 0 saturated heterocycles. The maximum Gasteiger partial charge on any atom is 0.569 e. The summed E-state index contributed by atoms with van der Waals surface area (Å²) in [6.45, 7) is 8.11. The zero-order valence-corrected chi connectivity index (χ0v) is 77.0. The van der Waals surface area contributed by atoms with Gasteiger partial charge in [-0.25, -0.2) is 26.3 Å². The highest BCUT2D eigenvalue weighted by Gasteiger charge is 2.20. The van der Waals surface area contributed by atoms with Gasteiger partial charge in [-0.1, -0.05) is 159 Å². The molecule has 0 atom stereocenters. The molecule has 0 unspecified atom stereocenters. The molecule has 14 aromatic rings. The van der Waals surface area contributed by atoms with Crippen molar-refractivity contribution in [2.75, 3.05) is 30.4 Å². The number of fused-ring (bicyclic) bond motifs is 4. The fourth-order valence-corrected chi connectivity index (χ4v) is 16.0. The Morgan fingerprint density at radius 2 is 0.757 bits per heavy atom. The average molecular weight is 2110 g/mol. The Morgan fingerprint density at radius 3 is 1.15 bits per heavy atom. The number of hydrogen-bond donors (Lipinski definition) is 3. The van der Waals surface area contributed by atoms with Gasteiger partial charge in [-0.2, -0.15) is 0 Å². The molecule has 0 saturated carbocycles. The molecule has 14 rings (SSSR count). The van der Waals surface area contributed by atoms with Gasteiger partial charge in [-0.15, -0.1) is 118 Å². The van der Waals surface area contributed by atoms with E-state index in [0.717, 1.165) is 99.6 Å². The van der Waals surface area contributed by atoms with Gasteiger partial charge >= 0.3 is 18.0 Å². The number of benzene rings is 14. The Bertz CT molecular complexity index is 5480. The highest BCUT2D eigenvalue weighted by atomic mass is 127. The number of alkyl halides is 2. The van der Waals surface area contributed by atoms with E-state index in [1.54, 1.807) is 114 Å². The van der Waals surface area contributed by atoms with E-state index in [0.29, 0.717) is 49.2 Å². The van der Waals surface area contributed by atoms with Crippen molar-refractivity contribution in [2.24, 2.45) is 0 Å². The Labute approximate surface area is 736 Å². The van der Waals surface area contributed by atoms with Crippen LogP contribution in [0.2, 0.25) is 0 Å². The predicted molar refractivity (Wildman–Crippen MR) is 500 cm³/mol. The molecular formula is C85H69B3Br6Cl2F6IO4S4. The van der Waals surface area contributed by atoms with Crippen LogP contribution >= 0.6 is 188 Å². The van der Waals surface area contributed by atoms with Crippen molar-refractivity contribution in [3.63, 3.8) is 0 Å². The largest absolute Gasteiger partial charge is 0.569 e. The molecule has 26 heteroatoms. The number of halogens is 15. The van der Waals surface area contributed by atoms with E-state index in [-0.39, 0.29) is 43.4 Å². The lowest BCUT2D eigenvalue weighted by Crippen LogP contribution is -2.31. The Hall–Kier alpha value is -4.84. The molecule has 3 N–H and O–H groups in total. The fourth-order valence-electron chi connectivity index (χ4n) is 11.6. The van der Waals surface area contributed by atoms with Crippen LogP contribution in [0.5, 0.6) is 5.75 Å². The minimum absolute atomic E-state index is 0.168. The van der Waals surface area contributed by atoms with E-state index in [4.69, 9.17) is 32.9 Å². The maximum absolute atomic E-state index is 14.4. The zero-order chi connectivity index (χ0) is 81.2. The lowest BCUT2D eigenvalue weighted by molar-refractivity contribution is 0.425. The van der Waals surface area contributed by atoms with Crippen LogP contribution in [0.25, 0.3) is 87.6 Å². The van der Waals surface area contributed by atoms with Crippen molar-refractivity contribution in [1.29, 1.82) is 0 Å². The zero-order valence-electron chi connectivity index (χ0n) is 60.6. The number of aryl methyl sites for hydroxylation is 4. The molecule has 1 radical (unpaired) electrons. The molecule has 4 nitrogen and oxygen atoms in total. The molecule has 0 aliphatic heterocycles. The van der Waals surface area contributed by atoms with Gasteiger partial charge in [-0.05, 0) is 300 Å². The van der Waals surface area contributed by atoms with E-state index in [9.17, 15) is 36.4 Å². The monoisotopic (exact) mass is 2100 g/mol. The van der Waals surface area contributed by atoms with Gasteiger partial charge in [-0.3, -0.25) is 0 Å². The molecule has 0 aliphatic rings. The third kappa shape index (κ3) is 26.3. The summed E-state index contributed by atoms with van der Waals surface area (Å²) in [7, 11) is -0.732. The first-order valence-electron chi connectivity index (χ1n) is 33.2. The smallest absolute Gasteiger partial charge is 0.537 e. The van der Waals surface area contributed by atoms with Gasteiger partial charge in [0, 0.05) is 54.4 Å². The Kier molecular flexibility index (Phi) is 39.3. The molecule has 0 fully saturated rings. The summed E-state index contributed by atoms with van der Waals surface area (Å²) in [5, 5.41) is 36.3. The average Bonchev–Trinajstić information content (AvgIpc) is 0.773. The van der Waals surface area contributed by atoms with E-state index in [1.807, 2.05) is 152 Å². The van der Waals surface area contributed by atoms with Crippen molar-refractivity contribution < 1.29 is 46.1 Å². The summed E-state index contributed by atoms with van der Waals surface area (Å²) in [6.07, 6.45) is 7.93. The third-order valence-corrected chi connectivity index (χ3v) is 22.5. The second-order valence-corrected chi connectivity index (χ2v) is 38.2. The highest BCUT2D eigenvalue weighted by Crippen LogP contribution is 2.42. The lowest BCUT2D eigenvalue weighted by Gasteiger charge is -2.15. The number of thioether (sulfide) groups is 4. The van der Waals surface area contributed by atoms with Crippen LogP contribution in [0.15, 0.2) is 276 Å². The van der Waals surface area contributed by atoms with Crippen LogP contribution in [-0.2, 0) is 0 Å². The van der Waals surface area contributed by atoms with Gasteiger partial charge < -0.3 is 19.7 Å². The van der Waals surface area contributed by atoms with Gasteiger partial charge in [0.15, 0.2) is 0 Å². The van der Waals surface area contributed by atoms with E-state index in [1.165, 1.54) is 64.7 Å². The van der Waals surface area contributed by atoms with Crippen LogP contribution in [0.4, 0.5) is 26.3 Å². The summed E-state index contributed by atoms with van der Waals surface area (Å²) in [5.74, 6) is -0.666. The molecule has 0 spiro atoms. The topological polar surface area (TPSA) is 69.9 Å². The normalized spacial score (nSPS) is 10.4. The first-order valence-corrected chi connectivity index (χ1v) is 45.4. The fraction of sp³-hybridized carbons (Fsp3) is 0.106. The quantitative estimate of drug-likeness (QED) is 0.0296. The Morgan fingerprint density at radius 1 is 0.387 bits per heavy atom. The van der Waals surface area contributed by atoms with Crippen LogP contribution in [0, 0.1) is 66.2 Å².